The summed E-state index contributed by atoms with van der Waals surface area (Å²) in [6.07, 6.45) is 29.6. The Hall–Kier alpha value is 0. The molecule has 0 aromatic rings. The van der Waals surface area contributed by atoms with E-state index in [4.69, 9.17) is 0 Å². The van der Waals surface area contributed by atoms with Crippen LogP contribution in [-0.2, 0) is 0 Å². The summed E-state index contributed by atoms with van der Waals surface area (Å²) < 4.78 is 0. The van der Waals surface area contributed by atoms with Gasteiger partial charge in [0.1, 0.15) is 0 Å². The number of rotatable bonds is 21. The maximum Gasteiger partial charge on any atom is -0.0417 e. The Bertz CT molecular complexity index is 220. The van der Waals surface area contributed by atoms with Crippen molar-refractivity contribution in [2.75, 3.05) is 0 Å². The summed E-state index contributed by atoms with van der Waals surface area (Å²) >= 11 is 0. The monoisotopic (exact) mass is 350 g/mol. The topological polar surface area (TPSA) is 0 Å². The van der Waals surface area contributed by atoms with Gasteiger partial charge in [-0.15, -0.1) is 0 Å². The van der Waals surface area contributed by atoms with Crippen LogP contribution in [0.5, 0.6) is 0 Å². The van der Waals surface area contributed by atoms with Gasteiger partial charge in [0, 0.05) is 0 Å². The van der Waals surface area contributed by atoms with Crippen molar-refractivity contribution < 1.29 is 0 Å². The smallest absolute Gasteiger partial charge is 0.0417 e. The lowest BCUT2D eigenvalue weighted by atomic mass is 9.92. The first-order chi connectivity index (χ1) is 12.3. The van der Waals surface area contributed by atoms with Crippen molar-refractivity contribution in [3.05, 3.63) is 13.8 Å². The largest absolute Gasteiger partial charge is 0.0651 e. The summed E-state index contributed by atoms with van der Waals surface area (Å²) in [5.41, 5.74) is 0. The average molecular weight is 351 g/mol. The van der Waals surface area contributed by atoms with Crippen LogP contribution in [0.15, 0.2) is 0 Å². The van der Waals surface area contributed by atoms with Gasteiger partial charge in [-0.05, 0) is 5.92 Å². The predicted molar refractivity (Wildman–Crippen MR) is 117 cm³/mol. The third-order valence-corrected chi connectivity index (χ3v) is 5.80. The standard InChI is InChI=1S/C25H50/c1-4-7-9-11-13-15-16-18-20-22-24-25(6-3)23-21-19-17-14-12-10-8-5-2/h25H,1-2,4-24H2,3H3. The first-order valence-electron chi connectivity index (χ1n) is 11.9. The molecule has 0 aliphatic carbocycles. The molecule has 1 unspecified atom stereocenters. The third kappa shape index (κ3) is 20.2. The molecule has 0 fully saturated rings. The van der Waals surface area contributed by atoms with Crippen LogP contribution >= 0.6 is 0 Å². The van der Waals surface area contributed by atoms with Crippen molar-refractivity contribution in [2.24, 2.45) is 5.92 Å². The molecule has 0 N–H and O–H groups in total. The Labute approximate surface area is 161 Å². The Morgan fingerprint density at radius 2 is 0.720 bits per heavy atom. The Morgan fingerprint density at radius 3 is 1.00 bits per heavy atom. The second kappa shape index (κ2) is 22.0. The summed E-state index contributed by atoms with van der Waals surface area (Å²) in [7, 11) is 0. The fourth-order valence-electron chi connectivity index (χ4n) is 3.89. The maximum absolute atomic E-state index is 3.92. The second-order valence-corrected chi connectivity index (χ2v) is 8.22. The van der Waals surface area contributed by atoms with Crippen LogP contribution < -0.4 is 0 Å². The zero-order chi connectivity index (χ0) is 18.4. The van der Waals surface area contributed by atoms with E-state index in [1.54, 1.807) is 0 Å². The van der Waals surface area contributed by atoms with Gasteiger partial charge in [0.2, 0.25) is 0 Å². The van der Waals surface area contributed by atoms with E-state index in [9.17, 15) is 0 Å². The van der Waals surface area contributed by atoms with Crippen LogP contribution in [0.3, 0.4) is 0 Å². The second-order valence-electron chi connectivity index (χ2n) is 8.22. The summed E-state index contributed by atoms with van der Waals surface area (Å²) in [4.78, 5) is 0. The molecule has 0 heteroatoms. The highest BCUT2D eigenvalue weighted by Gasteiger charge is 2.05. The zero-order valence-corrected chi connectivity index (χ0v) is 17.8. The Balaban J connectivity index is 3.28. The van der Waals surface area contributed by atoms with Crippen LogP contribution in [0, 0.1) is 19.8 Å². The molecule has 2 radical (unpaired) electrons. The average Bonchev–Trinajstić information content (AvgIpc) is 2.63. The minimum absolute atomic E-state index is 1.01. The lowest BCUT2D eigenvalue weighted by Crippen LogP contribution is -1.99. The molecule has 0 aromatic heterocycles. The summed E-state index contributed by atoms with van der Waals surface area (Å²) in [5, 5.41) is 0. The summed E-state index contributed by atoms with van der Waals surface area (Å²) in [6, 6.07) is 0. The summed E-state index contributed by atoms with van der Waals surface area (Å²) in [6.45, 7) is 10.2. The fourth-order valence-corrected chi connectivity index (χ4v) is 3.89. The molecule has 0 aromatic carbocycles. The van der Waals surface area contributed by atoms with Gasteiger partial charge in [0.05, 0.1) is 0 Å². The first-order valence-corrected chi connectivity index (χ1v) is 11.9. The Morgan fingerprint density at radius 1 is 0.440 bits per heavy atom. The van der Waals surface area contributed by atoms with Crippen molar-refractivity contribution >= 4 is 0 Å². The SMILES string of the molecule is [CH2]CCCCCCCCCCCC(CC)CCCCCCCCC[CH2]. The van der Waals surface area contributed by atoms with Crippen molar-refractivity contribution in [1.82, 2.24) is 0 Å². The molecular formula is C25H50. The van der Waals surface area contributed by atoms with E-state index in [0.29, 0.717) is 0 Å². The highest BCUT2D eigenvalue weighted by molar-refractivity contribution is 4.59. The van der Waals surface area contributed by atoms with Gasteiger partial charge >= 0.3 is 0 Å². The molecule has 0 bridgehead atoms. The van der Waals surface area contributed by atoms with Gasteiger partial charge in [-0.2, -0.15) is 0 Å². The summed E-state index contributed by atoms with van der Waals surface area (Å²) in [5.74, 6) is 1.01. The van der Waals surface area contributed by atoms with E-state index in [2.05, 4.69) is 20.8 Å². The van der Waals surface area contributed by atoms with E-state index in [1.165, 1.54) is 122 Å². The number of hydrogen-bond donors (Lipinski definition) is 0. The predicted octanol–water partition coefficient (Wildman–Crippen LogP) is 9.48. The van der Waals surface area contributed by atoms with Gasteiger partial charge in [-0.3, -0.25) is 0 Å². The first kappa shape index (κ1) is 25.0. The molecule has 1 atom stereocenters. The van der Waals surface area contributed by atoms with Gasteiger partial charge in [0.25, 0.3) is 0 Å². The van der Waals surface area contributed by atoms with Crippen LogP contribution in [0.2, 0.25) is 0 Å². The van der Waals surface area contributed by atoms with E-state index in [0.717, 1.165) is 18.8 Å². The van der Waals surface area contributed by atoms with Crippen LogP contribution in [0.25, 0.3) is 0 Å². The molecule has 150 valence electrons. The maximum atomic E-state index is 3.92. The lowest BCUT2D eigenvalue weighted by molar-refractivity contribution is 0.392. The molecule has 0 aliphatic rings. The lowest BCUT2D eigenvalue weighted by Gasteiger charge is -2.14. The van der Waals surface area contributed by atoms with Gasteiger partial charge in [-0.1, -0.05) is 156 Å². The van der Waals surface area contributed by atoms with Gasteiger partial charge in [-0.25, -0.2) is 0 Å². The fraction of sp³-hybridized carbons (Fsp3) is 0.920. The molecule has 25 heavy (non-hydrogen) atoms. The van der Waals surface area contributed by atoms with Crippen LogP contribution in [-0.4, -0.2) is 0 Å². The van der Waals surface area contributed by atoms with Crippen molar-refractivity contribution in [2.45, 2.75) is 142 Å². The molecule has 0 heterocycles. The number of hydrogen-bond acceptors (Lipinski definition) is 0. The molecule has 0 saturated heterocycles. The van der Waals surface area contributed by atoms with Gasteiger partial charge < -0.3 is 0 Å². The molecule has 0 amide bonds. The van der Waals surface area contributed by atoms with E-state index in [1.807, 2.05) is 0 Å². The van der Waals surface area contributed by atoms with Crippen molar-refractivity contribution in [1.29, 1.82) is 0 Å². The molecule has 0 saturated carbocycles. The zero-order valence-electron chi connectivity index (χ0n) is 17.8. The van der Waals surface area contributed by atoms with Crippen LogP contribution in [0.1, 0.15) is 142 Å². The molecule has 0 rings (SSSR count). The van der Waals surface area contributed by atoms with Crippen molar-refractivity contribution in [3.8, 4) is 0 Å². The minimum atomic E-state index is 1.01. The quantitative estimate of drug-likeness (QED) is 0.181. The number of unbranched alkanes of at least 4 members (excludes halogenated alkanes) is 16. The third-order valence-electron chi connectivity index (χ3n) is 5.80. The van der Waals surface area contributed by atoms with E-state index in [-0.39, 0.29) is 0 Å². The molecule has 0 nitrogen and oxygen atoms in total. The molecule has 0 aliphatic heterocycles. The highest BCUT2D eigenvalue weighted by atomic mass is 14.1. The molecule has 0 spiro atoms. The Kier molecular flexibility index (Phi) is 22.0. The van der Waals surface area contributed by atoms with Crippen LogP contribution in [0.4, 0.5) is 0 Å². The highest BCUT2D eigenvalue weighted by Crippen LogP contribution is 2.22. The van der Waals surface area contributed by atoms with E-state index >= 15 is 0 Å². The van der Waals surface area contributed by atoms with Gasteiger partial charge in [0.15, 0.2) is 0 Å². The minimum Gasteiger partial charge on any atom is -0.0651 e. The van der Waals surface area contributed by atoms with E-state index < -0.39 is 0 Å². The van der Waals surface area contributed by atoms with Crippen molar-refractivity contribution in [3.63, 3.8) is 0 Å². The normalized spacial score (nSPS) is 12.6. The molecular weight excluding hydrogens is 300 g/mol.